The van der Waals surface area contributed by atoms with Crippen molar-refractivity contribution in [2.45, 2.75) is 26.4 Å². The molecule has 0 aliphatic heterocycles. The Bertz CT molecular complexity index is 298. The SMILES string of the molecule is CCC/C=C/CP(O)OCc1ccccc1. The fourth-order valence-electron chi connectivity index (χ4n) is 1.23. The Balaban J connectivity index is 2.17. The Morgan fingerprint density at radius 3 is 2.69 bits per heavy atom. The van der Waals surface area contributed by atoms with Gasteiger partial charge in [-0.2, -0.15) is 0 Å². The lowest BCUT2D eigenvalue weighted by molar-refractivity contribution is 0.301. The second-order valence-electron chi connectivity index (χ2n) is 3.55. The van der Waals surface area contributed by atoms with Crippen molar-refractivity contribution < 1.29 is 9.42 Å². The number of hydrogen-bond donors (Lipinski definition) is 1. The van der Waals surface area contributed by atoms with E-state index in [9.17, 15) is 4.89 Å². The molecule has 0 heterocycles. The second-order valence-corrected chi connectivity index (χ2v) is 4.88. The van der Waals surface area contributed by atoms with E-state index in [1.165, 1.54) is 0 Å². The van der Waals surface area contributed by atoms with Crippen LogP contribution in [0, 0.1) is 0 Å². The summed E-state index contributed by atoms with van der Waals surface area (Å²) < 4.78 is 5.38. The molecule has 1 N–H and O–H groups in total. The lowest BCUT2D eigenvalue weighted by atomic mass is 10.2. The van der Waals surface area contributed by atoms with Crippen LogP contribution in [0.5, 0.6) is 0 Å². The van der Waals surface area contributed by atoms with Crippen molar-refractivity contribution in [2.75, 3.05) is 6.16 Å². The Morgan fingerprint density at radius 1 is 1.25 bits per heavy atom. The average Bonchev–Trinajstić information content (AvgIpc) is 2.33. The zero-order valence-electron chi connectivity index (χ0n) is 9.67. The first-order chi connectivity index (χ1) is 7.83. The molecule has 0 aliphatic carbocycles. The lowest BCUT2D eigenvalue weighted by Crippen LogP contribution is -1.89. The largest absolute Gasteiger partial charge is 0.350 e. The van der Waals surface area contributed by atoms with Gasteiger partial charge in [0.05, 0.1) is 6.61 Å². The molecule has 16 heavy (non-hydrogen) atoms. The summed E-state index contributed by atoms with van der Waals surface area (Å²) in [7, 11) is -1.31. The highest BCUT2D eigenvalue weighted by molar-refractivity contribution is 7.46. The summed E-state index contributed by atoms with van der Waals surface area (Å²) in [5.41, 5.74) is 1.10. The van der Waals surface area contributed by atoms with Crippen molar-refractivity contribution in [1.82, 2.24) is 0 Å². The van der Waals surface area contributed by atoms with Crippen LogP contribution in [0.2, 0.25) is 0 Å². The highest BCUT2D eigenvalue weighted by Gasteiger charge is 2.02. The summed E-state index contributed by atoms with van der Waals surface area (Å²) in [6, 6.07) is 9.91. The molecule has 1 atom stereocenters. The van der Waals surface area contributed by atoms with E-state index in [4.69, 9.17) is 4.52 Å². The molecule has 3 heteroatoms. The minimum absolute atomic E-state index is 0.491. The maximum atomic E-state index is 9.60. The van der Waals surface area contributed by atoms with Gasteiger partial charge in [0.25, 0.3) is 0 Å². The molecule has 0 saturated carbocycles. The van der Waals surface area contributed by atoms with Gasteiger partial charge in [0.1, 0.15) is 0 Å². The lowest BCUT2D eigenvalue weighted by Gasteiger charge is -2.08. The van der Waals surface area contributed by atoms with Gasteiger partial charge < -0.3 is 9.42 Å². The average molecular weight is 238 g/mol. The van der Waals surface area contributed by atoms with Crippen molar-refractivity contribution in [2.24, 2.45) is 0 Å². The summed E-state index contributed by atoms with van der Waals surface area (Å²) in [6.45, 7) is 2.63. The Hall–Kier alpha value is -0.690. The molecular weight excluding hydrogens is 219 g/mol. The number of allylic oxidation sites excluding steroid dienone is 2. The quantitative estimate of drug-likeness (QED) is 0.577. The third-order valence-corrected chi connectivity index (χ3v) is 3.06. The van der Waals surface area contributed by atoms with Crippen LogP contribution in [0.15, 0.2) is 42.5 Å². The Labute approximate surface area is 98.9 Å². The molecule has 0 bridgehead atoms. The van der Waals surface area contributed by atoms with Crippen LogP contribution in [0.25, 0.3) is 0 Å². The van der Waals surface area contributed by atoms with Gasteiger partial charge in [0.15, 0.2) is 8.38 Å². The molecule has 1 aromatic carbocycles. The van der Waals surface area contributed by atoms with E-state index in [-0.39, 0.29) is 0 Å². The predicted octanol–water partition coefficient (Wildman–Crippen LogP) is 3.86. The number of hydrogen-bond acceptors (Lipinski definition) is 2. The Kier molecular flexibility index (Phi) is 7.07. The van der Waals surface area contributed by atoms with E-state index >= 15 is 0 Å². The van der Waals surface area contributed by atoms with Gasteiger partial charge in [-0.25, -0.2) is 0 Å². The van der Waals surface area contributed by atoms with Gasteiger partial charge in [0.2, 0.25) is 0 Å². The minimum atomic E-state index is -1.31. The van der Waals surface area contributed by atoms with Crippen LogP contribution in [-0.2, 0) is 11.1 Å². The molecule has 1 aromatic rings. The van der Waals surface area contributed by atoms with Gasteiger partial charge in [-0.15, -0.1) is 0 Å². The van der Waals surface area contributed by atoms with Gasteiger partial charge in [-0.1, -0.05) is 55.8 Å². The van der Waals surface area contributed by atoms with Gasteiger partial charge in [-0.05, 0) is 12.0 Å². The summed E-state index contributed by atoms with van der Waals surface area (Å²) in [5, 5.41) is 0. The van der Waals surface area contributed by atoms with E-state index in [0.29, 0.717) is 12.8 Å². The van der Waals surface area contributed by atoms with Crippen LogP contribution >= 0.6 is 8.38 Å². The standard InChI is InChI=1S/C13H19O2P/c1-2-3-4-8-11-16(14)15-12-13-9-6-5-7-10-13/h4-10,14H,2-3,11-12H2,1H3/b8-4+. The van der Waals surface area contributed by atoms with Crippen molar-refractivity contribution in [3.05, 3.63) is 48.0 Å². The molecule has 0 fully saturated rings. The van der Waals surface area contributed by atoms with E-state index in [1.807, 2.05) is 36.4 Å². The van der Waals surface area contributed by atoms with Crippen LogP contribution in [-0.4, -0.2) is 11.1 Å². The topological polar surface area (TPSA) is 29.5 Å². The summed E-state index contributed by atoms with van der Waals surface area (Å²) in [4.78, 5) is 9.60. The van der Waals surface area contributed by atoms with E-state index in [1.54, 1.807) is 0 Å². The van der Waals surface area contributed by atoms with Crippen LogP contribution < -0.4 is 0 Å². The van der Waals surface area contributed by atoms with E-state index in [0.717, 1.165) is 18.4 Å². The Morgan fingerprint density at radius 2 is 2.00 bits per heavy atom. The van der Waals surface area contributed by atoms with Crippen molar-refractivity contribution >= 4 is 8.38 Å². The molecule has 1 unspecified atom stereocenters. The minimum Gasteiger partial charge on any atom is -0.350 e. The van der Waals surface area contributed by atoms with Crippen molar-refractivity contribution in [3.63, 3.8) is 0 Å². The fourth-order valence-corrected chi connectivity index (χ4v) is 1.96. The second kappa shape index (κ2) is 8.46. The first kappa shape index (κ1) is 13.4. The molecule has 0 amide bonds. The molecule has 0 radical (unpaired) electrons. The smallest absolute Gasteiger partial charge is 0.172 e. The maximum absolute atomic E-state index is 9.60. The highest BCUT2D eigenvalue weighted by atomic mass is 31.2. The zero-order chi connectivity index (χ0) is 11.6. The van der Waals surface area contributed by atoms with Gasteiger partial charge >= 0.3 is 0 Å². The molecule has 1 rings (SSSR count). The first-order valence-corrected chi connectivity index (χ1v) is 7.01. The van der Waals surface area contributed by atoms with Crippen molar-refractivity contribution in [1.29, 1.82) is 0 Å². The molecule has 0 aliphatic rings. The van der Waals surface area contributed by atoms with E-state index in [2.05, 4.69) is 13.0 Å². The monoisotopic (exact) mass is 238 g/mol. The third kappa shape index (κ3) is 6.02. The number of benzene rings is 1. The van der Waals surface area contributed by atoms with Gasteiger partial charge in [0, 0.05) is 6.16 Å². The maximum Gasteiger partial charge on any atom is 0.172 e. The summed E-state index contributed by atoms with van der Waals surface area (Å²) in [6.07, 6.45) is 6.94. The van der Waals surface area contributed by atoms with Crippen LogP contribution in [0.4, 0.5) is 0 Å². The first-order valence-electron chi connectivity index (χ1n) is 5.61. The molecule has 88 valence electrons. The predicted molar refractivity (Wildman–Crippen MR) is 69.3 cm³/mol. The molecule has 0 spiro atoms. The van der Waals surface area contributed by atoms with Crippen LogP contribution in [0.1, 0.15) is 25.3 Å². The highest BCUT2D eigenvalue weighted by Crippen LogP contribution is 2.32. The molecular formula is C13H19O2P. The normalized spacial score (nSPS) is 13.1. The van der Waals surface area contributed by atoms with E-state index < -0.39 is 8.38 Å². The summed E-state index contributed by atoms with van der Waals surface area (Å²) >= 11 is 0. The molecule has 2 nitrogen and oxygen atoms in total. The number of unbranched alkanes of at least 4 members (excludes halogenated alkanes) is 1. The zero-order valence-corrected chi connectivity index (χ0v) is 10.6. The fraction of sp³-hybridized carbons (Fsp3) is 0.385. The van der Waals surface area contributed by atoms with Crippen LogP contribution in [0.3, 0.4) is 0 Å². The van der Waals surface area contributed by atoms with Crippen molar-refractivity contribution in [3.8, 4) is 0 Å². The number of rotatable bonds is 7. The van der Waals surface area contributed by atoms with Gasteiger partial charge in [-0.3, -0.25) is 0 Å². The summed E-state index contributed by atoms with van der Waals surface area (Å²) in [5.74, 6) is 0. The molecule has 0 saturated heterocycles. The molecule has 0 aromatic heterocycles. The third-order valence-electron chi connectivity index (χ3n) is 2.11.